The Morgan fingerprint density at radius 3 is 1.56 bits per heavy atom. The zero-order valence-corrected chi connectivity index (χ0v) is 35.2. The molecule has 0 aromatic heterocycles. The molecule has 8 nitrogen and oxygen atoms in total. The predicted octanol–water partition coefficient (Wildman–Crippen LogP) is 11.4. The van der Waals surface area contributed by atoms with E-state index in [0.717, 1.165) is 70.6 Å². The summed E-state index contributed by atoms with van der Waals surface area (Å²) >= 11 is 0. The molecule has 0 rings (SSSR count). The molecule has 0 aliphatic heterocycles. The van der Waals surface area contributed by atoms with Crippen molar-refractivity contribution in [2.75, 3.05) is 41.0 Å². The van der Waals surface area contributed by atoms with Crippen molar-refractivity contribution in [3.63, 3.8) is 0 Å². The lowest BCUT2D eigenvalue weighted by atomic mass is 10.1. The number of unbranched alkanes of at least 4 members (excludes halogenated alkanes) is 13. The Morgan fingerprint density at radius 1 is 0.556 bits per heavy atom. The van der Waals surface area contributed by atoms with Gasteiger partial charge in [-0.25, -0.2) is 4.79 Å². The molecule has 0 aliphatic carbocycles. The Kier molecular flexibility index (Phi) is 34.9. The number of rotatable bonds is 37. The molecule has 310 valence electrons. The van der Waals surface area contributed by atoms with Crippen LogP contribution in [0.25, 0.3) is 0 Å². The van der Waals surface area contributed by atoms with Gasteiger partial charge >= 0.3 is 17.9 Å². The number of ether oxygens (including phenoxy) is 3. The molecule has 0 amide bonds. The minimum Gasteiger partial charge on any atom is -0.477 e. The second-order valence-corrected chi connectivity index (χ2v) is 15.2. The first-order valence-electron chi connectivity index (χ1n) is 21.3. The molecular formula is C46H80NO7+. The van der Waals surface area contributed by atoms with Crippen LogP contribution >= 0.6 is 0 Å². The molecule has 0 radical (unpaired) electrons. The van der Waals surface area contributed by atoms with Gasteiger partial charge in [0.05, 0.1) is 34.4 Å². The zero-order valence-electron chi connectivity index (χ0n) is 35.2. The van der Waals surface area contributed by atoms with Crippen molar-refractivity contribution in [3.8, 4) is 0 Å². The Balaban J connectivity index is 4.33. The molecule has 54 heavy (non-hydrogen) atoms. The predicted molar refractivity (Wildman–Crippen MR) is 224 cm³/mol. The molecule has 0 saturated carbocycles. The fourth-order valence-electron chi connectivity index (χ4n) is 5.78. The Hall–Kier alpha value is -2.97. The van der Waals surface area contributed by atoms with E-state index >= 15 is 0 Å². The van der Waals surface area contributed by atoms with Crippen molar-refractivity contribution in [2.24, 2.45) is 0 Å². The van der Waals surface area contributed by atoms with E-state index in [1.165, 1.54) is 51.4 Å². The van der Waals surface area contributed by atoms with Crippen LogP contribution in [0.3, 0.4) is 0 Å². The van der Waals surface area contributed by atoms with E-state index in [1.54, 1.807) is 0 Å². The molecule has 0 spiro atoms. The van der Waals surface area contributed by atoms with Gasteiger partial charge in [-0.15, -0.1) is 0 Å². The molecule has 0 aromatic rings. The molecular weight excluding hydrogens is 679 g/mol. The molecule has 0 saturated heterocycles. The number of aliphatic carboxylic acids is 1. The van der Waals surface area contributed by atoms with Crippen LogP contribution in [0.2, 0.25) is 0 Å². The Morgan fingerprint density at radius 2 is 1.00 bits per heavy atom. The number of carboxylic acid groups (broad SMARTS) is 1. The fourth-order valence-corrected chi connectivity index (χ4v) is 5.78. The van der Waals surface area contributed by atoms with Gasteiger partial charge in [0.25, 0.3) is 0 Å². The maximum absolute atomic E-state index is 12.6. The van der Waals surface area contributed by atoms with Gasteiger partial charge in [-0.1, -0.05) is 126 Å². The average Bonchev–Trinajstić information content (AvgIpc) is 3.12. The standard InChI is InChI=1S/C46H79NO7/c1-6-8-10-12-14-16-17-18-19-20-21-22-23-24-25-26-27-29-30-32-34-36-44(48)53-41-42(40-52-39-38-43(46(50)51)47(3,4)5)54-45(49)37-35-33-31-28-15-13-11-9-7-2/h14,16,18-19,21-22,24-25,28,31,42-43H,6-13,15,17,20,23,26-27,29-30,32-41H2,1-5H3/p+1/b16-14+,19-18+,22-21+,25-24+,31-28+. The highest BCUT2D eigenvalue weighted by Crippen LogP contribution is 2.12. The van der Waals surface area contributed by atoms with Crippen molar-refractivity contribution in [2.45, 2.75) is 174 Å². The highest BCUT2D eigenvalue weighted by atomic mass is 16.6. The Bertz CT molecular complexity index is 1070. The topological polar surface area (TPSA) is 99.1 Å². The third kappa shape index (κ3) is 34.8. The highest BCUT2D eigenvalue weighted by molar-refractivity contribution is 5.72. The smallest absolute Gasteiger partial charge is 0.362 e. The van der Waals surface area contributed by atoms with E-state index in [4.69, 9.17) is 14.2 Å². The number of likely N-dealkylation sites (N-methyl/N-ethyl adjacent to an activating group) is 1. The van der Waals surface area contributed by atoms with Crippen LogP contribution < -0.4 is 0 Å². The zero-order chi connectivity index (χ0) is 40.0. The molecule has 8 heteroatoms. The maximum Gasteiger partial charge on any atom is 0.362 e. The van der Waals surface area contributed by atoms with Gasteiger partial charge in [0.1, 0.15) is 6.61 Å². The first-order chi connectivity index (χ1) is 26.1. The SMILES string of the molecule is CCCCC/C=C/C/C=C/C/C=C/C/C=C/CCCCCCCC(=O)OCC(COCCC(C(=O)O)[N+](C)(C)C)OC(=O)CCC/C=C/CCCCCC. The summed E-state index contributed by atoms with van der Waals surface area (Å²) in [4.78, 5) is 36.8. The van der Waals surface area contributed by atoms with E-state index < -0.39 is 18.1 Å². The van der Waals surface area contributed by atoms with Crippen molar-refractivity contribution >= 4 is 17.9 Å². The summed E-state index contributed by atoms with van der Waals surface area (Å²) in [5.41, 5.74) is 0. The second-order valence-electron chi connectivity index (χ2n) is 15.2. The van der Waals surface area contributed by atoms with Crippen LogP contribution in [0.4, 0.5) is 0 Å². The van der Waals surface area contributed by atoms with Crippen LogP contribution in [0.1, 0.15) is 162 Å². The van der Waals surface area contributed by atoms with Gasteiger partial charge in [0.15, 0.2) is 12.1 Å². The first-order valence-corrected chi connectivity index (χ1v) is 21.3. The summed E-state index contributed by atoms with van der Waals surface area (Å²) < 4.78 is 17.2. The minimum atomic E-state index is -0.885. The third-order valence-corrected chi connectivity index (χ3v) is 9.14. The van der Waals surface area contributed by atoms with Crippen molar-refractivity contribution in [3.05, 3.63) is 60.8 Å². The van der Waals surface area contributed by atoms with Crippen molar-refractivity contribution in [1.29, 1.82) is 0 Å². The highest BCUT2D eigenvalue weighted by Gasteiger charge is 2.31. The van der Waals surface area contributed by atoms with E-state index in [2.05, 4.69) is 74.6 Å². The quantitative estimate of drug-likeness (QED) is 0.0291. The van der Waals surface area contributed by atoms with Crippen LogP contribution in [-0.2, 0) is 28.6 Å². The van der Waals surface area contributed by atoms with Gasteiger partial charge < -0.3 is 23.8 Å². The summed E-state index contributed by atoms with van der Waals surface area (Å²) in [6, 6.07) is -0.622. The van der Waals surface area contributed by atoms with Crippen molar-refractivity contribution < 1.29 is 38.2 Å². The van der Waals surface area contributed by atoms with E-state index in [-0.39, 0.29) is 42.7 Å². The van der Waals surface area contributed by atoms with Crippen LogP contribution in [0.5, 0.6) is 0 Å². The third-order valence-electron chi connectivity index (χ3n) is 9.14. The van der Waals surface area contributed by atoms with E-state index in [0.29, 0.717) is 19.3 Å². The number of hydrogen-bond acceptors (Lipinski definition) is 6. The number of carbonyl (C=O) groups excluding carboxylic acids is 2. The van der Waals surface area contributed by atoms with Crippen LogP contribution in [0, 0.1) is 0 Å². The molecule has 0 bridgehead atoms. The number of carbonyl (C=O) groups is 3. The second kappa shape index (κ2) is 37.0. The normalized spacial score (nSPS) is 13.6. The number of nitrogens with zero attached hydrogens (tertiary/aromatic N) is 1. The van der Waals surface area contributed by atoms with E-state index in [9.17, 15) is 19.5 Å². The number of allylic oxidation sites excluding steroid dienone is 10. The molecule has 0 aliphatic rings. The number of carboxylic acids is 1. The summed E-state index contributed by atoms with van der Waals surface area (Å²) in [7, 11) is 5.50. The number of quaternary nitrogens is 1. The van der Waals surface area contributed by atoms with Gasteiger partial charge in [0.2, 0.25) is 0 Å². The summed E-state index contributed by atoms with van der Waals surface area (Å²) in [6.45, 7) is 4.60. The minimum absolute atomic E-state index is 0.0413. The van der Waals surface area contributed by atoms with Gasteiger partial charge in [0, 0.05) is 19.3 Å². The molecule has 2 atom stereocenters. The average molecular weight is 759 g/mol. The van der Waals surface area contributed by atoms with E-state index in [1.807, 2.05) is 21.1 Å². The van der Waals surface area contributed by atoms with Crippen molar-refractivity contribution in [1.82, 2.24) is 0 Å². The van der Waals surface area contributed by atoms with Gasteiger partial charge in [-0.3, -0.25) is 9.59 Å². The largest absolute Gasteiger partial charge is 0.477 e. The summed E-state index contributed by atoms with van der Waals surface area (Å²) in [6.07, 6.45) is 44.2. The summed E-state index contributed by atoms with van der Waals surface area (Å²) in [5, 5.41) is 9.59. The lowest BCUT2D eigenvalue weighted by molar-refractivity contribution is -0.887. The van der Waals surface area contributed by atoms with Gasteiger partial charge in [-0.2, -0.15) is 0 Å². The monoisotopic (exact) mass is 759 g/mol. The lowest BCUT2D eigenvalue weighted by Crippen LogP contribution is -2.50. The first kappa shape index (κ1) is 51.0. The fraction of sp³-hybridized carbons (Fsp3) is 0.717. The molecule has 0 aromatic carbocycles. The summed E-state index contributed by atoms with van der Waals surface area (Å²) in [5.74, 6) is -1.54. The molecule has 0 heterocycles. The van der Waals surface area contributed by atoms with Gasteiger partial charge in [-0.05, 0) is 77.0 Å². The van der Waals surface area contributed by atoms with Crippen LogP contribution in [-0.4, -0.2) is 80.6 Å². The lowest BCUT2D eigenvalue weighted by Gasteiger charge is -2.31. The molecule has 2 unspecified atom stereocenters. The maximum atomic E-state index is 12.6. The number of esters is 2. The molecule has 0 fully saturated rings. The molecule has 1 N–H and O–H groups in total. The van der Waals surface area contributed by atoms with Crippen LogP contribution in [0.15, 0.2) is 60.8 Å². The Labute approximate surface area is 330 Å². The number of hydrogen-bond donors (Lipinski definition) is 1.